The van der Waals surface area contributed by atoms with Crippen molar-refractivity contribution in [1.82, 2.24) is 14.7 Å². The first-order valence-corrected chi connectivity index (χ1v) is 10.2. The van der Waals surface area contributed by atoms with Gasteiger partial charge in [0.1, 0.15) is 6.61 Å². The molecule has 0 saturated carbocycles. The van der Waals surface area contributed by atoms with E-state index in [1.807, 2.05) is 26.2 Å². The Kier molecular flexibility index (Phi) is 7.54. The van der Waals surface area contributed by atoms with Gasteiger partial charge in [-0.3, -0.25) is 9.80 Å². The molecule has 7 heteroatoms. The second-order valence-corrected chi connectivity index (χ2v) is 8.21. The standard InChI is InChI=1S/C21H35N3O4/c1-22(2)8-13-28-19-5-4-18(14-20(19)26-3)15-24-7-6-21(25,17-24)16-23-9-11-27-12-10-23/h4-5,14,25H,6-13,15-17H2,1-3H3/t21-/m1/s1. The molecule has 2 aliphatic heterocycles. The van der Waals surface area contributed by atoms with E-state index in [1.54, 1.807) is 7.11 Å². The van der Waals surface area contributed by atoms with Gasteiger partial charge in [-0.1, -0.05) is 6.07 Å². The molecular weight excluding hydrogens is 358 g/mol. The zero-order valence-corrected chi connectivity index (χ0v) is 17.5. The number of hydrogen-bond acceptors (Lipinski definition) is 7. The Hall–Kier alpha value is -1.38. The number of methoxy groups -OCH3 is 1. The van der Waals surface area contributed by atoms with Crippen LogP contribution in [0.2, 0.25) is 0 Å². The third kappa shape index (κ3) is 6.06. The fourth-order valence-electron chi connectivity index (χ4n) is 3.91. The number of nitrogens with zero attached hydrogens (tertiary/aromatic N) is 3. The van der Waals surface area contributed by atoms with E-state index in [-0.39, 0.29) is 0 Å². The largest absolute Gasteiger partial charge is 0.493 e. The predicted molar refractivity (Wildman–Crippen MR) is 109 cm³/mol. The van der Waals surface area contributed by atoms with Crippen molar-refractivity contribution < 1.29 is 19.3 Å². The van der Waals surface area contributed by atoms with Gasteiger partial charge in [0.2, 0.25) is 0 Å². The van der Waals surface area contributed by atoms with E-state index in [0.717, 1.165) is 70.4 Å². The van der Waals surface area contributed by atoms with Crippen LogP contribution in [-0.2, 0) is 11.3 Å². The molecule has 0 aromatic heterocycles. The molecule has 28 heavy (non-hydrogen) atoms. The third-order valence-electron chi connectivity index (χ3n) is 5.46. The lowest BCUT2D eigenvalue weighted by atomic mass is 10.0. The van der Waals surface area contributed by atoms with Crippen molar-refractivity contribution in [3.05, 3.63) is 23.8 Å². The minimum Gasteiger partial charge on any atom is -0.493 e. The van der Waals surface area contributed by atoms with E-state index in [9.17, 15) is 5.11 Å². The minimum absolute atomic E-state index is 0.628. The summed E-state index contributed by atoms with van der Waals surface area (Å²) in [4.78, 5) is 6.73. The summed E-state index contributed by atoms with van der Waals surface area (Å²) in [5.41, 5.74) is 0.545. The number of ether oxygens (including phenoxy) is 3. The molecule has 0 bridgehead atoms. The van der Waals surface area contributed by atoms with Crippen molar-refractivity contribution in [1.29, 1.82) is 0 Å². The van der Waals surface area contributed by atoms with Crippen molar-refractivity contribution in [2.45, 2.75) is 18.6 Å². The van der Waals surface area contributed by atoms with Crippen molar-refractivity contribution in [3.63, 3.8) is 0 Å². The highest BCUT2D eigenvalue weighted by molar-refractivity contribution is 5.43. The first-order chi connectivity index (χ1) is 13.5. The lowest BCUT2D eigenvalue weighted by Gasteiger charge is -2.33. The quantitative estimate of drug-likeness (QED) is 0.669. The van der Waals surface area contributed by atoms with E-state index in [2.05, 4.69) is 20.8 Å². The van der Waals surface area contributed by atoms with Gasteiger partial charge in [0.25, 0.3) is 0 Å². The van der Waals surface area contributed by atoms with Crippen LogP contribution in [0, 0.1) is 0 Å². The average Bonchev–Trinajstić information content (AvgIpc) is 3.03. The number of aliphatic hydroxyl groups is 1. The van der Waals surface area contributed by atoms with E-state index >= 15 is 0 Å². The number of likely N-dealkylation sites (N-methyl/N-ethyl adjacent to an activating group) is 1. The minimum atomic E-state index is -0.628. The number of likely N-dealkylation sites (tertiary alicyclic amines) is 1. The van der Waals surface area contributed by atoms with E-state index < -0.39 is 5.60 Å². The van der Waals surface area contributed by atoms with E-state index in [4.69, 9.17) is 14.2 Å². The van der Waals surface area contributed by atoms with Gasteiger partial charge in [0, 0.05) is 45.8 Å². The Morgan fingerprint density at radius 3 is 2.64 bits per heavy atom. The molecule has 3 rings (SSSR count). The van der Waals surface area contributed by atoms with Gasteiger partial charge in [-0.15, -0.1) is 0 Å². The second-order valence-electron chi connectivity index (χ2n) is 8.21. The summed E-state index contributed by atoms with van der Waals surface area (Å²) in [6, 6.07) is 6.12. The molecule has 1 atom stereocenters. The Morgan fingerprint density at radius 2 is 1.93 bits per heavy atom. The summed E-state index contributed by atoms with van der Waals surface area (Å²) in [6.45, 7) is 7.99. The third-order valence-corrected chi connectivity index (χ3v) is 5.46. The molecule has 2 heterocycles. The number of rotatable bonds is 9. The summed E-state index contributed by atoms with van der Waals surface area (Å²) in [5, 5.41) is 11.0. The summed E-state index contributed by atoms with van der Waals surface area (Å²) in [7, 11) is 5.73. The molecule has 158 valence electrons. The fourth-order valence-corrected chi connectivity index (χ4v) is 3.91. The van der Waals surface area contributed by atoms with Crippen molar-refractivity contribution in [2.24, 2.45) is 0 Å². The van der Waals surface area contributed by atoms with Crippen LogP contribution in [-0.4, -0.2) is 106 Å². The number of hydrogen-bond donors (Lipinski definition) is 1. The SMILES string of the molecule is COc1cc(CN2CC[C@@](O)(CN3CCOCC3)C2)ccc1OCCN(C)C. The van der Waals surface area contributed by atoms with Crippen LogP contribution in [0.25, 0.3) is 0 Å². The van der Waals surface area contributed by atoms with Gasteiger partial charge in [0.05, 0.1) is 25.9 Å². The maximum Gasteiger partial charge on any atom is 0.161 e. The van der Waals surface area contributed by atoms with E-state index in [0.29, 0.717) is 13.2 Å². The second kappa shape index (κ2) is 9.89. The van der Waals surface area contributed by atoms with Crippen LogP contribution in [0.4, 0.5) is 0 Å². The molecule has 0 amide bonds. The molecule has 0 radical (unpaired) electrons. The molecule has 0 aliphatic carbocycles. The van der Waals surface area contributed by atoms with Gasteiger partial charge in [-0.2, -0.15) is 0 Å². The Bertz CT molecular complexity index is 622. The molecule has 2 fully saturated rings. The molecule has 0 unspecified atom stereocenters. The zero-order valence-electron chi connectivity index (χ0n) is 17.5. The van der Waals surface area contributed by atoms with Gasteiger partial charge < -0.3 is 24.2 Å². The van der Waals surface area contributed by atoms with E-state index in [1.165, 1.54) is 5.56 Å². The number of β-amino-alcohol motifs (C(OH)–C–C–N with tert-alkyl or cyclic N) is 1. The average molecular weight is 394 g/mol. The molecule has 7 nitrogen and oxygen atoms in total. The van der Waals surface area contributed by atoms with Gasteiger partial charge >= 0.3 is 0 Å². The summed E-state index contributed by atoms with van der Waals surface area (Å²) in [5.74, 6) is 1.54. The molecule has 2 saturated heterocycles. The van der Waals surface area contributed by atoms with Crippen LogP contribution in [0.5, 0.6) is 11.5 Å². The van der Waals surface area contributed by atoms with Crippen molar-refractivity contribution in [2.75, 3.05) is 80.3 Å². The fraction of sp³-hybridized carbons (Fsp3) is 0.714. The predicted octanol–water partition coefficient (Wildman–Crippen LogP) is 0.905. The summed E-state index contributed by atoms with van der Waals surface area (Å²) < 4.78 is 16.8. The lowest BCUT2D eigenvalue weighted by Crippen LogP contribution is -2.48. The van der Waals surface area contributed by atoms with Gasteiger partial charge in [0.15, 0.2) is 11.5 Å². The van der Waals surface area contributed by atoms with Crippen LogP contribution in [0.3, 0.4) is 0 Å². The molecular formula is C21H35N3O4. The van der Waals surface area contributed by atoms with Crippen LogP contribution < -0.4 is 9.47 Å². The molecule has 1 aromatic rings. The first-order valence-electron chi connectivity index (χ1n) is 10.2. The molecule has 0 spiro atoms. The number of morpholine rings is 1. The van der Waals surface area contributed by atoms with Crippen LogP contribution in [0.1, 0.15) is 12.0 Å². The zero-order chi connectivity index (χ0) is 20.0. The van der Waals surface area contributed by atoms with Crippen LogP contribution >= 0.6 is 0 Å². The summed E-state index contributed by atoms with van der Waals surface area (Å²) in [6.07, 6.45) is 0.813. The monoisotopic (exact) mass is 393 g/mol. The highest BCUT2D eigenvalue weighted by Gasteiger charge is 2.37. The molecule has 1 N–H and O–H groups in total. The van der Waals surface area contributed by atoms with Crippen molar-refractivity contribution >= 4 is 0 Å². The van der Waals surface area contributed by atoms with Crippen molar-refractivity contribution in [3.8, 4) is 11.5 Å². The lowest BCUT2D eigenvalue weighted by molar-refractivity contribution is -0.0266. The Balaban J connectivity index is 1.53. The topological polar surface area (TPSA) is 57.6 Å². The Morgan fingerprint density at radius 1 is 1.14 bits per heavy atom. The van der Waals surface area contributed by atoms with Crippen LogP contribution in [0.15, 0.2) is 18.2 Å². The maximum atomic E-state index is 11.0. The molecule has 1 aromatic carbocycles. The Labute approximate surface area is 168 Å². The normalized spacial score (nSPS) is 24.0. The smallest absolute Gasteiger partial charge is 0.161 e. The highest BCUT2D eigenvalue weighted by Crippen LogP contribution is 2.30. The van der Waals surface area contributed by atoms with Gasteiger partial charge in [-0.25, -0.2) is 0 Å². The first kappa shape index (κ1) is 21.3. The number of benzene rings is 1. The molecule has 2 aliphatic rings. The summed E-state index contributed by atoms with van der Waals surface area (Å²) >= 11 is 0. The van der Waals surface area contributed by atoms with Gasteiger partial charge in [-0.05, 0) is 38.2 Å². The maximum absolute atomic E-state index is 11.0. The highest BCUT2D eigenvalue weighted by atomic mass is 16.5.